The van der Waals surface area contributed by atoms with Gasteiger partial charge in [-0.05, 0) is 99.4 Å². The average Bonchev–Trinajstić information content (AvgIpc) is 4.11. The van der Waals surface area contributed by atoms with Crippen LogP contribution in [0.25, 0.3) is 104 Å². The molecule has 8 heteroatoms. The molecule has 0 aliphatic carbocycles. The van der Waals surface area contributed by atoms with E-state index in [2.05, 4.69) is 170 Å². The van der Waals surface area contributed by atoms with Crippen molar-refractivity contribution in [1.82, 2.24) is 19.5 Å². The number of imidazole rings is 1. The van der Waals surface area contributed by atoms with E-state index in [9.17, 15) is 4.39 Å². The molecule has 0 saturated carbocycles. The molecule has 0 amide bonds. The van der Waals surface area contributed by atoms with Crippen molar-refractivity contribution in [1.29, 1.82) is 0 Å². The van der Waals surface area contributed by atoms with Gasteiger partial charge in [-0.2, -0.15) is 0 Å². The second kappa shape index (κ2) is 19.3. The Morgan fingerprint density at radius 3 is 1.99 bits per heavy atom. The molecule has 8 aromatic carbocycles. The zero-order valence-electron chi connectivity index (χ0n) is 38.4. The van der Waals surface area contributed by atoms with Crippen molar-refractivity contribution in [2.24, 2.45) is 0 Å². The molecular formula is C61H45FIrN4OS-2. The Balaban J connectivity index is 0.000000201. The predicted molar refractivity (Wildman–Crippen MR) is 279 cm³/mol. The molecule has 0 spiro atoms. The first-order valence-electron chi connectivity index (χ1n) is 22.9. The quantitative estimate of drug-likeness (QED) is 0.142. The molecule has 339 valence electrons. The third kappa shape index (κ3) is 8.84. The molecule has 0 aliphatic rings. The summed E-state index contributed by atoms with van der Waals surface area (Å²) in [4.78, 5) is 14.3. The number of rotatable bonds is 8. The monoisotopic (exact) mass is 1090 g/mol. The molecule has 0 unspecified atom stereocenters. The summed E-state index contributed by atoms with van der Waals surface area (Å²) in [6.07, 6.45) is 1.74. The van der Waals surface area contributed by atoms with Gasteiger partial charge in [0.1, 0.15) is 10.6 Å². The SMILES string of the molecule is CC(C)c1cc(-c2ccc(-c3ccccc3)cc2)cc(C(C)C)c1-n1c(-c2[c-]ccc3c2oc2ccccc23)nc2ccccc21.Fc1c[c-]c(-c2cc(-c3nc4ccccc4s3)ccn2)cc1.[Ir]. The van der Waals surface area contributed by atoms with Crippen LogP contribution < -0.4 is 0 Å². The Hall–Kier alpha value is -7.35. The van der Waals surface area contributed by atoms with E-state index >= 15 is 0 Å². The number of aromatic nitrogens is 4. The first-order chi connectivity index (χ1) is 33.3. The van der Waals surface area contributed by atoms with Crippen LogP contribution >= 0.6 is 11.3 Å². The first-order valence-corrected chi connectivity index (χ1v) is 23.7. The van der Waals surface area contributed by atoms with Gasteiger partial charge in [0.25, 0.3) is 0 Å². The van der Waals surface area contributed by atoms with Crippen LogP contribution in [0.3, 0.4) is 0 Å². The Labute approximate surface area is 418 Å². The van der Waals surface area contributed by atoms with E-state index in [0.717, 1.165) is 76.4 Å². The second-order valence-corrected chi connectivity index (χ2v) is 18.6. The maximum Gasteiger partial charge on any atom is 0.123 e. The fraction of sp³-hybridized carbons (Fsp3) is 0.0984. The number of pyridine rings is 1. The summed E-state index contributed by atoms with van der Waals surface area (Å²) < 4.78 is 23.0. The fourth-order valence-corrected chi connectivity index (χ4v) is 9.98. The largest absolute Gasteiger partial charge is 0.501 e. The van der Waals surface area contributed by atoms with E-state index in [-0.39, 0.29) is 37.8 Å². The van der Waals surface area contributed by atoms with Crippen molar-refractivity contribution in [2.45, 2.75) is 39.5 Å². The van der Waals surface area contributed by atoms with E-state index in [4.69, 9.17) is 9.40 Å². The first kappa shape index (κ1) is 45.4. The summed E-state index contributed by atoms with van der Waals surface area (Å²) in [7, 11) is 0. The molecule has 0 bridgehead atoms. The van der Waals surface area contributed by atoms with Crippen LogP contribution in [0, 0.1) is 17.9 Å². The van der Waals surface area contributed by atoms with E-state index in [1.54, 1.807) is 23.6 Å². The number of nitrogens with zero attached hydrogens (tertiary/aromatic N) is 4. The summed E-state index contributed by atoms with van der Waals surface area (Å²) in [6.45, 7) is 9.15. The minimum Gasteiger partial charge on any atom is -0.501 e. The van der Waals surface area contributed by atoms with Crippen LogP contribution in [0.1, 0.15) is 50.7 Å². The molecule has 0 N–H and O–H groups in total. The molecule has 69 heavy (non-hydrogen) atoms. The molecule has 0 fully saturated rings. The molecule has 0 saturated heterocycles. The van der Waals surface area contributed by atoms with Crippen LogP contribution in [-0.4, -0.2) is 19.5 Å². The minimum atomic E-state index is -0.300. The van der Waals surface area contributed by atoms with Crippen molar-refractivity contribution < 1.29 is 28.9 Å². The van der Waals surface area contributed by atoms with Crippen LogP contribution in [0.2, 0.25) is 0 Å². The summed E-state index contributed by atoms with van der Waals surface area (Å²) in [5, 5.41) is 3.13. The van der Waals surface area contributed by atoms with Gasteiger partial charge in [0.15, 0.2) is 0 Å². The third-order valence-electron chi connectivity index (χ3n) is 12.4. The molecule has 12 aromatic rings. The topological polar surface area (TPSA) is 56.7 Å². The van der Waals surface area contributed by atoms with Crippen LogP contribution in [0.4, 0.5) is 4.39 Å². The van der Waals surface area contributed by atoms with Gasteiger partial charge < -0.3 is 14.0 Å². The van der Waals surface area contributed by atoms with Crippen molar-refractivity contribution in [3.63, 3.8) is 0 Å². The van der Waals surface area contributed by atoms with E-state index in [1.165, 1.54) is 51.2 Å². The van der Waals surface area contributed by atoms with Gasteiger partial charge >= 0.3 is 0 Å². The number of thiazole rings is 1. The summed E-state index contributed by atoms with van der Waals surface area (Å²) >= 11 is 1.65. The van der Waals surface area contributed by atoms with Gasteiger partial charge in [-0.25, -0.2) is 4.98 Å². The Kier molecular flexibility index (Phi) is 12.7. The number of hydrogen-bond acceptors (Lipinski definition) is 5. The van der Waals surface area contributed by atoms with Crippen molar-refractivity contribution in [3.05, 3.63) is 217 Å². The van der Waals surface area contributed by atoms with Gasteiger partial charge in [-0.15, -0.1) is 59.4 Å². The smallest absolute Gasteiger partial charge is 0.123 e. The molecule has 12 rings (SSSR count). The minimum absolute atomic E-state index is 0. The summed E-state index contributed by atoms with van der Waals surface area (Å²) in [5.41, 5.74) is 16.8. The fourth-order valence-electron chi connectivity index (χ4n) is 9.02. The Morgan fingerprint density at radius 2 is 1.26 bits per heavy atom. The molecular weight excluding hydrogens is 1050 g/mol. The number of para-hydroxylation sites is 4. The normalized spacial score (nSPS) is 11.4. The van der Waals surface area contributed by atoms with Gasteiger partial charge in [-0.1, -0.05) is 142 Å². The summed E-state index contributed by atoms with van der Waals surface area (Å²) in [5.74, 6) is 1.09. The maximum absolute atomic E-state index is 13.0. The predicted octanol–water partition coefficient (Wildman–Crippen LogP) is 16.9. The number of benzene rings is 8. The number of halogens is 1. The molecule has 4 aromatic heterocycles. The van der Waals surface area contributed by atoms with Crippen molar-refractivity contribution in [3.8, 4) is 61.2 Å². The van der Waals surface area contributed by atoms with E-state index in [1.807, 2.05) is 48.5 Å². The Bertz CT molecular complexity index is 3700. The van der Waals surface area contributed by atoms with E-state index < -0.39 is 0 Å². The molecule has 4 heterocycles. The maximum atomic E-state index is 13.0. The summed E-state index contributed by atoms with van der Waals surface area (Å²) in [6, 6.07) is 67.8. The number of hydrogen-bond donors (Lipinski definition) is 0. The van der Waals surface area contributed by atoms with Gasteiger partial charge in [0.05, 0.1) is 32.7 Å². The van der Waals surface area contributed by atoms with Crippen LogP contribution in [0.15, 0.2) is 193 Å². The molecule has 5 nitrogen and oxygen atoms in total. The molecule has 1 radical (unpaired) electrons. The van der Waals surface area contributed by atoms with Gasteiger partial charge in [-0.3, -0.25) is 9.37 Å². The molecule has 0 aliphatic heterocycles. The van der Waals surface area contributed by atoms with Crippen LogP contribution in [0.5, 0.6) is 0 Å². The van der Waals surface area contributed by atoms with Gasteiger partial charge in [0, 0.05) is 48.8 Å². The zero-order valence-corrected chi connectivity index (χ0v) is 41.6. The average molecular weight is 1090 g/mol. The van der Waals surface area contributed by atoms with Gasteiger partial charge in [0.2, 0.25) is 0 Å². The zero-order chi connectivity index (χ0) is 46.3. The third-order valence-corrected chi connectivity index (χ3v) is 13.5. The second-order valence-electron chi connectivity index (χ2n) is 17.5. The Morgan fingerprint density at radius 1 is 0.594 bits per heavy atom. The van der Waals surface area contributed by atoms with Crippen molar-refractivity contribution in [2.75, 3.05) is 0 Å². The standard InChI is InChI=1S/C43H35N2O.C18H10FN2S.Ir/c1-27(2)36-25-32(31-23-21-30(22-24-31)29-13-6-5-7-14-29)26-37(28(3)4)41(36)45-39-19-10-9-18-38(39)44-43(45)35-17-12-16-34-33-15-8-11-20-40(33)46-42(34)35;19-14-7-5-12(6-8-14)16-11-13(9-10-20-16)18-21-15-3-1-2-4-17(15)22-18;/h5-16,18-28H,1-4H3;1-5,7-11H;/q2*-1;. The van der Waals surface area contributed by atoms with Crippen molar-refractivity contribution >= 4 is 54.5 Å². The van der Waals surface area contributed by atoms with Crippen LogP contribution in [-0.2, 0) is 20.1 Å². The molecule has 0 atom stereocenters. The number of furan rings is 1. The number of fused-ring (bicyclic) bond motifs is 5. The van der Waals surface area contributed by atoms with E-state index in [0.29, 0.717) is 0 Å².